The Balaban J connectivity index is 1.48. The topological polar surface area (TPSA) is 103 Å². The number of hydrogen-bond acceptors (Lipinski definition) is 5. The molecule has 2 aromatic carbocycles. The van der Waals surface area contributed by atoms with Gasteiger partial charge >= 0.3 is 11.8 Å². The lowest BCUT2D eigenvalue weighted by molar-refractivity contribution is -0.392. The zero-order chi connectivity index (χ0) is 21.8. The van der Waals surface area contributed by atoms with Crippen LogP contribution in [-0.4, -0.2) is 32.0 Å². The SMILES string of the molecule is Cc1ccc(/C=C\c2ncc([N+](=O)[O-])n2CCOC(=O)c2c[nH]c3ccccc23)cc1. The molecule has 0 saturated heterocycles. The number of rotatable bonds is 7. The first-order chi connectivity index (χ1) is 15.0. The summed E-state index contributed by atoms with van der Waals surface area (Å²) in [6.07, 6.45) is 6.35. The number of para-hydroxylation sites is 1. The fourth-order valence-electron chi connectivity index (χ4n) is 3.28. The van der Waals surface area contributed by atoms with Gasteiger partial charge in [-0.05, 0) is 29.6 Å². The largest absolute Gasteiger partial charge is 0.458 e. The van der Waals surface area contributed by atoms with E-state index in [1.165, 1.54) is 10.8 Å². The first-order valence-electron chi connectivity index (χ1n) is 9.71. The van der Waals surface area contributed by atoms with Crippen LogP contribution in [0.3, 0.4) is 0 Å². The molecule has 2 aromatic heterocycles. The van der Waals surface area contributed by atoms with E-state index in [1.807, 2.05) is 61.5 Å². The first-order valence-corrected chi connectivity index (χ1v) is 9.71. The third kappa shape index (κ3) is 4.37. The summed E-state index contributed by atoms with van der Waals surface area (Å²) in [5, 5.41) is 12.2. The minimum absolute atomic E-state index is 0.0269. The average molecular weight is 416 g/mol. The van der Waals surface area contributed by atoms with Crippen LogP contribution in [0.15, 0.2) is 60.9 Å². The second-order valence-corrected chi connectivity index (χ2v) is 7.01. The Hall–Kier alpha value is -4.20. The van der Waals surface area contributed by atoms with Crippen molar-refractivity contribution >= 4 is 34.8 Å². The maximum Gasteiger partial charge on any atom is 0.343 e. The number of hydrogen-bond donors (Lipinski definition) is 1. The van der Waals surface area contributed by atoms with Crippen LogP contribution in [0.25, 0.3) is 23.1 Å². The number of aromatic nitrogens is 3. The van der Waals surface area contributed by atoms with Crippen LogP contribution < -0.4 is 0 Å². The number of aryl methyl sites for hydroxylation is 1. The van der Waals surface area contributed by atoms with Crippen LogP contribution >= 0.6 is 0 Å². The molecule has 4 aromatic rings. The summed E-state index contributed by atoms with van der Waals surface area (Å²) < 4.78 is 6.80. The van der Waals surface area contributed by atoms with E-state index in [9.17, 15) is 14.9 Å². The van der Waals surface area contributed by atoms with Crippen molar-refractivity contribution in [3.05, 3.63) is 93.6 Å². The van der Waals surface area contributed by atoms with Crippen molar-refractivity contribution in [1.29, 1.82) is 0 Å². The molecule has 0 bridgehead atoms. The van der Waals surface area contributed by atoms with Crippen molar-refractivity contribution < 1.29 is 14.5 Å². The number of ether oxygens (including phenoxy) is 1. The van der Waals surface area contributed by atoms with Gasteiger partial charge in [0.1, 0.15) is 19.3 Å². The van der Waals surface area contributed by atoms with Crippen molar-refractivity contribution in [2.45, 2.75) is 13.5 Å². The molecule has 0 radical (unpaired) electrons. The number of carbonyl (C=O) groups excluding carboxylic acids is 1. The maximum atomic E-state index is 12.5. The summed E-state index contributed by atoms with van der Waals surface area (Å²) in [5.41, 5.74) is 3.36. The molecule has 0 atom stereocenters. The molecule has 8 heteroatoms. The molecule has 1 N–H and O–H groups in total. The summed E-state index contributed by atoms with van der Waals surface area (Å²) in [4.78, 5) is 30.5. The van der Waals surface area contributed by atoms with E-state index >= 15 is 0 Å². The number of nitro groups is 1. The minimum Gasteiger partial charge on any atom is -0.458 e. The van der Waals surface area contributed by atoms with Crippen LogP contribution in [0.2, 0.25) is 0 Å². The van der Waals surface area contributed by atoms with Crippen LogP contribution in [0, 0.1) is 17.0 Å². The quantitative estimate of drug-likeness (QED) is 0.269. The van der Waals surface area contributed by atoms with Gasteiger partial charge in [-0.15, -0.1) is 0 Å². The Morgan fingerprint density at radius 1 is 1.19 bits per heavy atom. The predicted octanol–water partition coefficient (Wildman–Crippen LogP) is 4.61. The number of benzene rings is 2. The van der Waals surface area contributed by atoms with Gasteiger partial charge in [-0.25, -0.2) is 14.3 Å². The van der Waals surface area contributed by atoms with Gasteiger partial charge in [-0.1, -0.05) is 48.0 Å². The van der Waals surface area contributed by atoms with E-state index in [0.717, 1.165) is 22.0 Å². The number of nitrogens with zero attached hydrogens (tertiary/aromatic N) is 3. The zero-order valence-corrected chi connectivity index (χ0v) is 16.8. The Morgan fingerprint density at radius 3 is 2.74 bits per heavy atom. The highest BCUT2D eigenvalue weighted by Crippen LogP contribution is 2.20. The lowest BCUT2D eigenvalue weighted by Gasteiger charge is -2.05. The Labute approximate surface area is 178 Å². The maximum absolute atomic E-state index is 12.5. The Kier molecular flexibility index (Phi) is 5.61. The molecule has 0 unspecified atom stereocenters. The molecular formula is C23H20N4O4. The highest BCUT2D eigenvalue weighted by molar-refractivity contribution is 6.03. The van der Waals surface area contributed by atoms with Gasteiger partial charge in [-0.3, -0.25) is 0 Å². The number of nitrogens with one attached hydrogen (secondary N) is 1. The Morgan fingerprint density at radius 2 is 1.97 bits per heavy atom. The molecule has 0 fully saturated rings. The van der Waals surface area contributed by atoms with Gasteiger partial charge in [0.25, 0.3) is 0 Å². The highest BCUT2D eigenvalue weighted by Gasteiger charge is 2.20. The van der Waals surface area contributed by atoms with E-state index < -0.39 is 10.9 Å². The first kappa shape index (κ1) is 20.1. The lowest BCUT2D eigenvalue weighted by atomic mass is 10.1. The molecule has 4 rings (SSSR count). The summed E-state index contributed by atoms with van der Waals surface area (Å²) in [6, 6.07) is 15.3. The molecule has 0 spiro atoms. The lowest BCUT2D eigenvalue weighted by Crippen LogP contribution is -2.13. The van der Waals surface area contributed by atoms with Gasteiger partial charge in [0.15, 0.2) is 0 Å². The number of imidazole rings is 1. The molecule has 0 aliphatic carbocycles. The van der Waals surface area contributed by atoms with Crippen molar-refractivity contribution in [1.82, 2.24) is 14.5 Å². The van der Waals surface area contributed by atoms with Crippen molar-refractivity contribution in [2.24, 2.45) is 0 Å². The van der Waals surface area contributed by atoms with Crippen LogP contribution in [0.1, 0.15) is 27.3 Å². The van der Waals surface area contributed by atoms with Gasteiger partial charge < -0.3 is 19.8 Å². The van der Waals surface area contributed by atoms with E-state index in [2.05, 4.69) is 9.97 Å². The second-order valence-electron chi connectivity index (χ2n) is 7.01. The summed E-state index contributed by atoms with van der Waals surface area (Å²) in [5.74, 6) is -0.237. The molecule has 0 saturated carbocycles. The smallest absolute Gasteiger partial charge is 0.343 e. The molecule has 2 heterocycles. The fourth-order valence-corrected chi connectivity index (χ4v) is 3.28. The molecule has 0 aliphatic rings. The standard InChI is InChI=1S/C23H20N4O4/c1-16-6-8-17(9-7-16)10-11-21-25-15-22(27(29)30)26(21)12-13-31-23(28)19-14-24-20-5-3-2-4-18(19)20/h2-11,14-15,24H,12-13H2,1H3/b11-10-. The third-order valence-electron chi connectivity index (χ3n) is 4.91. The molecule has 0 amide bonds. The predicted molar refractivity (Wildman–Crippen MR) is 118 cm³/mol. The summed E-state index contributed by atoms with van der Waals surface area (Å²) in [7, 11) is 0. The number of carbonyl (C=O) groups is 1. The monoisotopic (exact) mass is 416 g/mol. The zero-order valence-electron chi connectivity index (χ0n) is 16.8. The summed E-state index contributed by atoms with van der Waals surface area (Å²) >= 11 is 0. The number of fused-ring (bicyclic) bond motifs is 1. The van der Waals surface area contributed by atoms with Gasteiger partial charge in [0.05, 0.1) is 5.56 Å². The molecule has 8 nitrogen and oxygen atoms in total. The van der Waals surface area contributed by atoms with Crippen LogP contribution in [0.4, 0.5) is 5.82 Å². The van der Waals surface area contributed by atoms with E-state index in [0.29, 0.717) is 11.4 Å². The fraction of sp³-hybridized carbons (Fsp3) is 0.130. The third-order valence-corrected chi connectivity index (χ3v) is 4.91. The van der Waals surface area contributed by atoms with Crippen molar-refractivity contribution in [2.75, 3.05) is 6.61 Å². The van der Waals surface area contributed by atoms with E-state index in [1.54, 1.807) is 12.3 Å². The van der Waals surface area contributed by atoms with Gasteiger partial charge in [0.2, 0.25) is 5.82 Å². The summed E-state index contributed by atoms with van der Waals surface area (Å²) in [6.45, 7) is 2.08. The number of H-pyrrole nitrogens is 1. The average Bonchev–Trinajstić information content (AvgIpc) is 3.37. The van der Waals surface area contributed by atoms with E-state index in [-0.39, 0.29) is 19.0 Å². The minimum atomic E-state index is -0.502. The normalized spacial score (nSPS) is 11.3. The van der Waals surface area contributed by atoms with Gasteiger partial charge in [0, 0.05) is 23.2 Å². The molecular weight excluding hydrogens is 396 g/mol. The molecule has 0 aliphatic heterocycles. The van der Waals surface area contributed by atoms with Crippen molar-refractivity contribution in [3.8, 4) is 0 Å². The van der Waals surface area contributed by atoms with E-state index in [4.69, 9.17) is 4.74 Å². The number of aromatic amines is 1. The van der Waals surface area contributed by atoms with Crippen LogP contribution in [0.5, 0.6) is 0 Å². The molecule has 156 valence electrons. The highest BCUT2D eigenvalue weighted by atomic mass is 16.6. The Bertz CT molecular complexity index is 1270. The van der Waals surface area contributed by atoms with Crippen LogP contribution in [-0.2, 0) is 11.3 Å². The van der Waals surface area contributed by atoms with Crippen molar-refractivity contribution in [3.63, 3.8) is 0 Å². The molecule has 31 heavy (non-hydrogen) atoms. The van der Waals surface area contributed by atoms with Gasteiger partial charge in [-0.2, -0.15) is 0 Å². The number of esters is 1. The second kappa shape index (κ2) is 8.66.